The minimum absolute atomic E-state index is 0. The third kappa shape index (κ3) is 6.55. The number of benzene rings is 2. The maximum absolute atomic E-state index is 12.1. The molecule has 2 saturated heterocycles. The van der Waals surface area contributed by atoms with Crippen molar-refractivity contribution >= 4 is 41.5 Å². The summed E-state index contributed by atoms with van der Waals surface area (Å²) in [4.78, 5) is 23.8. The van der Waals surface area contributed by atoms with Gasteiger partial charge in [0, 0.05) is 57.9 Å². The molecule has 0 saturated carbocycles. The van der Waals surface area contributed by atoms with E-state index in [-0.39, 0.29) is 29.9 Å². The number of rotatable bonds is 7. The van der Waals surface area contributed by atoms with E-state index in [1.165, 1.54) is 16.8 Å². The van der Waals surface area contributed by atoms with Crippen LogP contribution < -0.4 is 15.0 Å². The summed E-state index contributed by atoms with van der Waals surface area (Å²) < 4.78 is 5.28. The lowest BCUT2D eigenvalue weighted by Crippen LogP contribution is -2.52. The first kappa shape index (κ1) is 26.1. The summed E-state index contributed by atoms with van der Waals surface area (Å²) in [6, 6.07) is 16.6. The summed E-state index contributed by atoms with van der Waals surface area (Å²) in [5, 5.41) is 3.47. The van der Waals surface area contributed by atoms with Crippen LogP contribution in [0.1, 0.15) is 30.9 Å². The third-order valence-corrected chi connectivity index (χ3v) is 6.40. The van der Waals surface area contributed by atoms with Crippen molar-refractivity contribution < 1.29 is 9.53 Å². The molecule has 2 heterocycles. The topological polar surface area (TPSA) is 60.4 Å². The number of carbonyl (C=O) groups excluding carboxylic acids is 1. The molecule has 2 aromatic carbocycles. The summed E-state index contributed by atoms with van der Waals surface area (Å²) in [6.07, 6.45) is 1.64. The van der Waals surface area contributed by atoms with E-state index in [0.717, 1.165) is 57.4 Å². The highest BCUT2D eigenvalue weighted by Gasteiger charge is 2.22. The van der Waals surface area contributed by atoms with E-state index >= 15 is 0 Å². The van der Waals surface area contributed by atoms with E-state index in [1.807, 2.05) is 23.1 Å². The van der Waals surface area contributed by atoms with Crippen LogP contribution in [0.25, 0.3) is 0 Å². The quantitative estimate of drug-likeness (QED) is 0.309. The Labute approximate surface area is 220 Å². The smallest absolute Gasteiger partial charge is 0.222 e. The van der Waals surface area contributed by atoms with E-state index < -0.39 is 0 Å². The lowest BCUT2D eigenvalue weighted by atomic mass is 10.1. The number of carbonyl (C=O) groups is 1. The van der Waals surface area contributed by atoms with Gasteiger partial charge in [-0.2, -0.15) is 0 Å². The molecule has 2 fully saturated rings. The van der Waals surface area contributed by atoms with Crippen molar-refractivity contribution in [2.45, 2.75) is 32.9 Å². The maximum Gasteiger partial charge on any atom is 0.222 e. The molecule has 2 aromatic rings. The second kappa shape index (κ2) is 12.8. The standard InChI is InChI=1S/C26H35N5O2.HI/c1-3-27-26(30-17-15-29(16-18-30)23-10-12-24(33-2)13-11-23)28-19-21-7-4-5-8-22(21)20-31-14-6-9-25(31)32;/h4-5,7-8,10-13H,3,6,9,14-20H2,1-2H3,(H,27,28);1H. The number of nitrogens with zero attached hydrogens (tertiary/aromatic N) is 4. The van der Waals surface area contributed by atoms with Crippen LogP contribution in [0.5, 0.6) is 5.75 Å². The van der Waals surface area contributed by atoms with Gasteiger partial charge in [-0.15, -0.1) is 24.0 Å². The zero-order chi connectivity index (χ0) is 23.0. The third-order valence-electron chi connectivity index (χ3n) is 6.40. The van der Waals surface area contributed by atoms with Gasteiger partial charge in [0.2, 0.25) is 5.91 Å². The SMILES string of the molecule is CCNC(=NCc1ccccc1CN1CCCC1=O)N1CCN(c2ccc(OC)cc2)CC1.I. The molecular weight excluding hydrogens is 541 g/mol. The van der Waals surface area contributed by atoms with Crippen molar-refractivity contribution in [3.63, 3.8) is 0 Å². The first-order valence-corrected chi connectivity index (χ1v) is 11.9. The zero-order valence-corrected chi connectivity index (χ0v) is 22.5. The number of aliphatic imine (C=N–C) groups is 1. The van der Waals surface area contributed by atoms with Crippen molar-refractivity contribution in [3.8, 4) is 5.75 Å². The highest BCUT2D eigenvalue weighted by atomic mass is 127. The normalized spacial score (nSPS) is 16.5. The fourth-order valence-corrected chi connectivity index (χ4v) is 4.50. The van der Waals surface area contributed by atoms with Gasteiger partial charge in [0.05, 0.1) is 13.7 Å². The summed E-state index contributed by atoms with van der Waals surface area (Å²) >= 11 is 0. The summed E-state index contributed by atoms with van der Waals surface area (Å²) in [5.41, 5.74) is 3.60. The van der Waals surface area contributed by atoms with Crippen molar-refractivity contribution in [2.75, 3.05) is 51.3 Å². The Hall–Kier alpha value is -2.49. The van der Waals surface area contributed by atoms with Crippen molar-refractivity contribution in [1.82, 2.24) is 15.1 Å². The number of nitrogens with one attached hydrogen (secondary N) is 1. The van der Waals surface area contributed by atoms with E-state index in [2.05, 4.69) is 52.4 Å². The van der Waals surface area contributed by atoms with Crippen LogP contribution >= 0.6 is 24.0 Å². The Morgan fingerprint density at radius 3 is 2.32 bits per heavy atom. The summed E-state index contributed by atoms with van der Waals surface area (Å²) in [6.45, 7) is 8.83. The molecule has 1 amide bonds. The highest BCUT2D eigenvalue weighted by molar-refractivity contribution is 14.0. The molecule has 0 radical (unpaired) electrons. The lowest BCUT2D eigenvalue weighted by molar-refractivity contribution is -0.128. The molecule has 2 aliphatic rings. The lowest BCUT2D eigenvalue weighted by Gasteiger charge is -2.37. The molecule has 8 heteroatoms. The van der Waals surface area contributed by atoms with E-state index in [4.69, 9.17) is 9.73 Å². The molecule has 0 spiro atoms. The van der Waals surface area contributed by atoms with Gasteiger partial charge in [-0.3, -0.25) is 4.79 Å². The fraction of sp³-hybridized carbons (Fsp3) is 0.462. The number of methoxy groups -OCH3 is 1. The number of halogens is 1. The average Bonchev–Trinajstić information content (AvgIpc) is 3.27. The van der Waals surface area contributed by atoms with Crippen LogP contribution in [0.15, 0.2) is 53.5 Å². The largest absolute Gasteiger partial charge is 0.497 e. The average molecular weight is 578 g/mol. The van der Waals surface area contributed by atoms with Crippen molar-refractivity contribution in [3.05, 3.63) is 59.7 Å². The number of guanidine groups is 1. The van der Waals surface area contributed by atoms with Gasteiger partial charge in [-0.25, -0.2) is 4.99 Å². The molecule has 0 aliphatic carbocycles. The number of likely N-dealkylation sites (tertiary alicyclic amines) is 1. The number of hydrogen-bond acceptors (Lipinski definition) is 4. The second-order valence-corrected chi connectivity index (χ2v) is 8.53. The molecule has 7 nitrogen and oxygen atoms in total. The number of piperazine rings is 1. The van der Waals surface area contributed by atoms with Gasteiger partial charge in [0.1, 0.15) is 5.75 Å². The van der Waals surface area contributed by atoms with E-state index in [1.54, 1.807) is 7.11 Å². The molecule has 2 aliphatic heterocycles. The number of ether oxygens (including phenoxy) is 1. The minimum atomic E-state index is 0. The van der Waals surface area contributed by atoms with E-state index in [0.29, 0.717) is 19.5 Å². The molecule has 0 aromatic heterocycles. The van der Waals surface area contributed by atoms with E-state index in [9.17, 15) is 4.79 Å². The van der Waals surface area contributed by atoms with Crippen LogP contribution in [0, 0.1) is 0 Å². The van der Waals surface area contributed by atoms with Crippen molar-refractivity contribution in [1.29, 1.82) is 0 Å². The van der Waals surface area contributed by atoms with Gasteiger partial charge in [0.25, 0.3) is 0 Å². The molecular formula is C26H36IN5O2. The Bertz CT molecular complexity index is 958. The van der Waals surface area contributed by atoms with Crippen LogP contribution in [0.3, 0.4) is 0 Å². The van der Waals surface area contributed by atoms with Crippen molar-refractivity contribution in [2.24, 2.45) is 4.99 Å². The molecule has 34 heavy (non-hydrogen) atoms. The first-order valence-electron chi connectivity index (χ1n) is 11.9. The minimum Gasteiger partial charge on any atom is -0.497 e. The number of amides is 1. The summed E-state index contributed by atoms with van der Waals surface area (Å²) in [5.74, 6) is 2.10. The molecule has 0 atom stereocenters. The first-order chi connectivity index (χ1) is 16.2. The molecule has 4 rings (SSSR count). The Balaban J connectivity index is 0.00000324. The van der Waals surface area contributed by atoms with Gasteiger partial charge in [0.15, 0.2) is 5.96 Å². The maximum atomic E-state index is 12.1. The predicted molar refractivity (Wildman–Crippen MR) is 148 cm³/mol. The highest BCUT2D eigenvalue weighted by Crippen LogP contribution is 2.21. The monoisotopic (exact) mass is 577 g/mol. The molecule has 0 unspecified atom stereocenters. The van der Waals surface area contributed by atoms with Gasteiger partial charge >= 0.3 is 0 Å². The Kier molecular flexibility index (Phi) is 9.86. The molecule has 184 valence electrons. The number of anilines is 1. The molecule has 1 N–H and O–H groups in total. The second-order valence-electron chi connectivity index (χ2n) is 8.53. The van der Waals surface area contributed by atoms with Crippen LogP contribution in [-0.4, -0.2) is 68.0 Å². The Morgan fingerprint density at radius 1 is 1.00 bits per heavy atom. The van der Waals surface area contributed by atoms with Gasteiger partial charge < -0.3 is 24.8 Å². The van der Waals surface area contributed by atoms with Crippen LogP contribution in [0.4, 0.5) is 5.69 Å². The van der Waals surface area contributed by atoms with Crippen LogP contribution in [0.2, 0.25) is 0 Å². The van der Waals surface area contributed by atoms with Crippen LogP contribution in [-0.2, 0) is 17.9 Å². The zero-order valence-electron chi connectivity index (χ0n) is 20.2. The molecule has 0 bridgehead atoms. The number of hydrogen-bond donors (Lipinski definition) is 1. The fourth-order valence-electron chi connectivity index (χ4n) is 4.50. The predicted octanol–water partition coefficient (Wildman–Crippen LogP) is 3.72. The Morgan fingerprint density at radius 2 is 1.71 bits per heavy atom. The van der Waals surface area contributed by atoms with Gasteiger partial charge in [-0.1, -0.05) is 24.3 Å². The summed E-state index contributed by atoms with van der Waals surface area (Å²) in [7, 11) is 1.69. The van der Waals surface area contributed by atoms with Gasteiger partial charge in [-0.05, 0) is 48.7 Å².